The van der Waals surface area contributed by atoms with Gasteiger partial charge in [-0.15, -0.1) is 0 Å². The molecule has 5 unspecified atom stereocenters. The minimum atomic E-state index is -0.885. The number of unbranched alkanes of at least 4 members (excludes halogenated alkanes) is 14. The molecule has 1 fully saturated rings. The van der Waals surface area contributed by atoms with Crippen molar-refractivity contribution in [1.29, 1.82) is 0 Å². The summed E-state index contributed by atoms with van der Waals surface area (Å²) < 4.78 is 17.8. The van der Waals surface area contributed by atoms with Gasteiger partial charge in [0.1, 0.15) is 6.10 Å². The molecule has 1 saturated heterocycles. The van der Waals surface area contributed by atoms with Crippen molar-refractivity contribution in [3.8, 4) is 0 Å². The normalized spacial score (nSPS) is 26.4. The van der Waals surface area contributed by atoms with Crippen LogP contribution in [0.25, 0.3) is 0 Å². The average molecular weight is 443 g/mol. The van der Waals surface area contributed by atoms with Crippen LogP contribution < -0.4 is 0 Å². The highest BCUT2D eigenvalue weighted by molar-refractivity contribution is 4.81. The van der Waals surface area contributed by atoms with Crippen LogP contribution in [0.2, 0.25) is 0 Å². The van der Waals surface area contributed by atoms with Gasteiger partial charge in [0.2, 0.25) is 0 Å². The zero-order valence-corrected chi connectivity index (χ0v) is 21.3. The molecule has 0 spiro atoms. The molecule has 1 rings (SSSR count). The van der Waals surface area contributed by atoms with Gasteiger partial charge in [0.15, 0.2) is 12.6 Å². The number of ether oxygens (including phenoxy) is 3. The second-order valence-corrected chi connectivity index (χ2v) is 9.77. The summed E-state index contributed by atoms with van der Waals surface area (Å²) in [7, 11) is 0. The molecule has 1 aliphatic heterocycles. The molecule has 5 atom stereocenters. The predicted octanol–water partition coefficient (Wildman–Crippen LogP) is 7.62. The van der Waals surface area contributed by atoms with Crippen LogP contribution in [-0.4, -0.2) is 37.0 Å². The van der Waals surface area contributed by atoms with Gasteiger partial charge in [-0.1, -0.05) is 118 Å². The third kappa shape index (κ3) is 13.2. The Morgan fingerprint density at radius 3 is 1.48 bits per heavy atom. The van der Waals surface area contributed by atoms with Crippen molar-refractivity contribution < 1.29 is 19.3 Å². The summed E-state index contributed by atoms with van der Waals surface area (Å²) in [5, 5.41) is 10.5. The molecule has 0 aromatic carbocycles. The van der Waals surface area contributed by atoms with Crippen molar-refractivity contribution >= 4 is 0 Å². The van der Waals surface area contributed by atoms with Gasteiger partial charge in [-0.05, 0) is 18.8 Å². The minimum Gasteiger partial charge on any atom is -0.373 e. The molecule has 0 bridgehead atoms. The van der Waals surface area contributed by atoms with Crippen LogP contribution in [0.4, 0.5) is 0 Å². The van der Waals surface area contributed by atoms with E-state index in [1.807, 2.05) is 0 Å². The SMILES string of the molecule is CCCCCCCCCCOC1OC(O)C(OCCCCCCCCCC)C(C)C1C. The van der Waals surface area contributed by atoms with Gasteiger partial charge in [0, 0.05) is 19.1 Å². The molecule has 0 aromatic heterocycles. The molecule has 0 saturated carbocycles. The van der Waals surface area contributed by atoms with Gasteiger partial charge in [0.25, 0.3) is 0 Å². The van der Waals surface area contributed by atoms with Crippen LogP contribution in [-0.2, 0) is 14.2 Å². The van der Waals surface area contributed by atoms with E-state index in [-0.39, 0.29) is 24.2 Å². The van der Waals surface area contributed by atoms with Crippen molar-refractivity contribution in [2.75, 3.05) is 13.2 Å². The maximum Gasteiger partial charge on any atom is 0.184 e. The predicted molar refractivity (Wildman–Crippen MR) is 130 cm³/mol. The fourth-order valence-electron chi connectivity index (χ4n) is 4.46. The first-order chi connectivity index (χ1) is 15.1. The summed E-state index contributed by atoms with van der Waals surface area (Å²) in [4.78, 5) is 0. The van der Waals surface area contributed by atoms with Crippen LogP contribution in [0, 0.1) is 11.8 Å². The number of hydrogen-bond acceptors (Lipinski definition) is 4. The van der Waals surface area contributed by atoms with Gasteiger partial charge in [-0.3, -0.25) is 0 Å². The second-order valence-electron chi connectivity index (χ2n) is 9.77. The van der Waals surface area contributed by atoms with Crippen molar-refractivity contribution in [3.63, 3.8) is 0 Å². The number of rotatable bonds is 20. The lowest BCUT2D eigenvalue weighted by atomic mass is 9.87. The molecule has 1 heterocycles. The first kappa shape index (κ1) is 28.9. The van der Waals surface area contributed by atoms with Crippen molar-refractivity contribution in [2.45, 2.75) is 149 Å². The van der Waals surface area contributed by atoms with E-state index in [1.54, 1.807) is 0 Å². The van der Waals surface area contributed by atoms with Crippen LogP contribution in [0.5, 0.6) is 0 Å². The van der Waals surface area contributed by atoms with Gasteiger partial charge < -0.3 is 19.3 Å². The summed E-state index contributed by atoms with van der Waals surface area (Å²) in [6, 6.07) is 0. The number of aliphatic hydroxyl groups excluding tert-OH is 1. The Kier molecular flexibility index (Phi) is 18.0. The molecule has 4 heteroatoms. The second kappa shape index (κ2) is 19.3. The van der Waals surface area contributed by atoms with E-state index >= 15 is 0 Å². The standard InChI is InChI=1S/C27H54O4/c1-5-7-9-11-13-15-17-19-21-29-25-23(3)24(4)27(31-26(25)28)30-22-20-18-16-14-12-10-8-6-2/h23-28H,5-22H2,1-4H3. The monoisotopic (exact) mass is 442 g/mol. The Balaban J connectivity index is 2.10. The minimum absolute atomic E-state index is 0.223. The number of hydrogen-bond donors (Lipinski definition) is 1. The molecule has 31 heavy (non-hydrogen) atoms. The lowest BCUT2D eigenvalue weighted by molar-refractivity contribution is -0.322. The molecular formula is C27H54O4. The Bertz CT molecular complexity index is 389. The number of aliphatic hydroxyl groups is 1. The summed E-state index contributed by atoms with van der Waals surface area (Å²) in [6.07, 6.45) is 19.2. The maximum absolute atomic E-state index is 10.5. The van der Waals surface area contributed by atoms with E-state index in [0.717, 1.165) is 12.8 Å². The van der Waals surface area contributed by atoms with Crippen molar-refractivity contribution in [3.05, 3.63) is 0 Å². The first-order valence-corrected chi connectivity index (χ1v) is 13.7. The van der Waals surface area contributed by atoms with E-state index in [0.29, 0.717) is 13.2 Å². The fourth-order valence-corrected chi connectivity index (χ4v) is 4.46. The molecule has 186 valence electrons. The molecule has 1 aliphatic rings. The molecule has 4 nitrogen and oxygen atoms in total. The third-order valence-corrected chi connectivity index (χ3v) is 6.92. The van der Waals surface area contributed by atoms with Gasteiger partial charge in [-0.25, -0.2) is 0 Å². The quantitative estimate of drug-likeness (QED) is 0.197. The van der Waals surface area contributed by atoms with Crippen LogP contribution in [0.1, 0.15) is 130 Å². The molecule has 1 N–H and O–H groups in total. The summed E-state index contributed by atoms with van der Waals surface area (Å²) in [6.45, 7) is 10.3. The lowest BCUT2D eigenvalue weighted by Crippen LogP contribution is -2.51. The highest BCUT2D eigenvalue weighted by Gasteiger charge is 2.41. The van der Waals surface area contributed by atoms with Crippen LogP contribution in [0.3, 0.4) is 0 Å². The summed E-state index contributed by atoms with van der Waals surface area (Å²) in [5.41, 5.74) is 0. The lowest BCUT2D eigenvalue weighted by Gasteiger charge is -2.42. The van der Waals surface area contributed by atoms with E-state index in [9.17, 15) is 5.11 Å². The molecule has 0 aromatic rings. The van der Waals surface area contributed by atoms with E-state index in [4.69, 9.17) is 14.2 Å². The Morgan fingerprint density at radius 1 is 0.581 bits per heavy atom. The van der Waals surface area contributed by atoms with Crippen LogP contribution in [0.15, 0.2) is 0 Å². The van der Waals surface area contributed by atoms with Crippen molar-refractivity contribution in [1.82, 2.24) is 0 Å². The molecular weight excluding hydrogens is 388 g/mol. The smallest absolute Gasteiger partial charge is 0.184 e. The van der Waals surface area contributed by atoms with E-state index < -0.39 is 6.29 Å². The topological polar surface area (TPSA) is 47.9 Å². The highest BCUT2D eigenvalue weighted by atomic mass is 16.7. The zero-order valence-electron chi connectivity index (χ0n) is 21.3. The van der Waals surface area contributed by atoms with Gasteiger partial charge in [0.05, 0.1) is 0 Å². The Hall–Kier alpha value is -0.160. The summed E-state index contributed by atoms with van der Waals surface area (Å²) >= 11 is 0. The third-order valence-electron chi connectivity index (χ3n) is 6.92. The first-order valence-electron chi connectivity index (χ1n) is 13.7. The average Bonchev–Trinajstić information content (AvgIpc) is 2.76. The summed E-state index contributed by atoms with van der Waals surface area (Å²) in [5.74, 6) is 0.447. The Labute approximate surface area is 193 Å². The molecule has 0 amide bonds. The van der Waals surface area contributed by atoms with E-state index in [1.165, 1.54) is 89.9 Å². The van der Waals surface area contributed by atoms with Gasteiger partial charge >= 0.3 is 0 Å². The highest BCUT2D eigenvalue weighted by Crippen LogP contribution is 2.32. The van der Waals surface area contributed by atoms with Crippen molar-refractivity contribution in [2.24, 2.45) is 11.8 Å². The maximum atomic E-state index is 10.5. The molecule has 0 aliphatic carbocycles. The zero-order chi connectivity index (χ0) is 22.7. The molecule has 0 radical (unpaired) electrons. The van der Waals surface area contributed by atoms with Gasteiger partial charge in [-0.2, -0.15) is 0 Å². The van der Waals surface area contributed by atoms with E-state index in [2.05, 4.69) is 27.7 Å². The van der Waals surface area contributed by atoms with Crippen LogP contribution >= 0.6 is 0 Å². The fraction of sp³-hybridized carbons (Fsp3) is 1.00. The Morgan fingerprint density at radius 2 is 1.00 bits per heavy atom. The largest absolute Gasteiger partial charge is 0.373 e.